The first-order valence-corrected chi connectivity index (χ1v) is 14.0. The van der Waals surface area contributed by atoms with Crippen molar-refractivity contribution >= 4 is 61.2 Å². The number of anilines is 6. The number of benzene rings is 4. The summed E-state index contributed by atoms with van der Waals surface area (Å²) in [5.41, 5.74) is 20.2. The number of nitrogens with zero attached hydrogens (tertiary/aromatic N) is 2. The zero-order valence-electron chi connectivity index (χ0n) is 21.8. The molecule has 0 fully saturated rings. The number of hydrogen-bond acceptors (Lipinski definition) is 3. The Morgan fingerprint density at radius 2 is 1.36 bits per heavy atom. The van der Waals surface area contributed by atoms with Gasteiger partial charge in [0, 0.05) is 49.5 Å². The molecule has 1 atom stereocenters. The molecule has 7 rings (SSSR count). The SMILES string of the molecule is C=C1C2=CCC(C)C=C2N(c2ccc(Br)cc2)c2cc3c(cc21)N(c1ccc(N)cc1)c1ccccc1C3=C. The highest BCUT2D eigenvalue weighted by atomic mass is 79.9. The topological polar surface area (TPSA) is 32.5 Å². The monoisotopic (exact) mass is 569 g/mol. The van der Waals surface area contributed by atoms with Crippen LogP contribution in [0.5, 0.6) is 0 Å². The number of nitrogens with two attached hydrogens (primary N) is 1. The van der Waals surface area contributed by atoms with Crippen molar-refractivity contribution < 1.29 is 0 Å². The molecule has 3 aliphatic rings. The summed E-state index contributed by atoms with van der Waals surface area (Å²) in [6.45, 7) is 11.5. The van der Waals surface area contributed by atoms with Crippen molar-refractivity contribution in [3.05, 3.63) is 143 Å². The van der Waals surface area contributed by atoms with E-state index in [-0.39, 0.29) is 0 Å². The molecule has 0 amide bonds. The summed E-state index contributed by atoms with van der Waals surface area (Å²) in [7, 11) is 0. The molecule has 4 heteroatoms. The van der Waals surface area contributed by atoms with Gasteiger partial charge in [-0.15, -0.1) is 0 Å². The molecule has 3 nitrogen and oxygen atoms in total. The molecule has 0 radical (unpaired) electrons. The summed E-state index contributed by atoms with van der Waals surface area (Å²) in [5.74, 6) is 0.455. The summed E-state index contributed by atoms with van der Waals surface area (Å²) in [6, 6.07) is 29.7. The largest absolute Gasteiger partial charge is 0.399 e. The molecule has 4 aromatic rings. The molecule has 0 bridgehead atoms. The van der Waals surface area contributed by atoms with Crippen molar-refractivity contribution in [3.63, 3.8) is 0 Å². The van der Waals surface area contributed by atoms with Crippen LogP contribution >= 0.6 is 15.9 Å². The highest BCUT2D eigenvalue weighted by molar-refractivity contribution is 9.10. The van der Waals surface area contributed by atoms with Gasteiger partial charge in [-0.05, 0) is 90.2 Å². The maximum Gasteiger partial charge on any atom is 0.0548 e. The van der Waals surface area contributed by atoms with Crippen LogP contribution in [0.25, 0.3) is 11.1 Å². The van der Waals surface area contributed by atoms with Crippen LogP contribution in [0.15, 0.2) is 126 Å². The van der Waals surface area contributed by atoms with Gasteiger partial charge in [0.1, 0.15) is 0 Å². The van der Waals surface area contributed by atoms with E-state index < -0.39 is 0 Å². The molecule has 0 saturated carbocycles. The van der Waals surface area contributed by atoms with Gasteiger partial charge in [0.15, 0.2) is 0 Å². The molecule has 0 aromatic heterocycles. The molecule has 39 heavy (non-hydrogen) atoms. The van der Waals surface area contributed by atoms with Gasteiger partial charge in [0.25, 0.3) is 0 Å². The van der Waals surface area contributed by atoms with Gasteiger partial charge in [-0.1, -0.05) is 66.4 Å². The number of fused-ring (bicyclic) bond motifs is 4. The van der Waals surface area contributed by atoms with Crippen molar-refractivity contribution in [1.82, 2.24) is 0 Å². The zero-order valence-corrected chi connectivity index (χ0v) is 23.4. The summed E-state index contributed by atoms with van der Waals surface area (Å²) < 4.78 is 1.06. The summed E-state index contributed by atoms with van der Waals surface area (Å²) >= 11 is 3.61. The van der Waals surface area contributed by atoms with Gasteiger partial charge in [0.05, 0.1) is 17.1 Å². The van der Waals surface area contributed by atoms with E-state index in [1.54, 1.807) is 0 Å². The molecule has 4 aromatic carbocycles. The first-order valence-electron chi connectivity index (χ1n) is 13.2. The minimum atomic E-state index is 0.455. The Kier molecular flexibility index (Phi) is 5.43. The van der Waals surface area contributed by atoms with Crippen molar-refractivity contribution in [3.8, 4) is 0 Å². The Hall–Kier alpha value is -4.28. The Labute approximate surface area is 238 Å². The summed E-state index contributed by atoms with van der Waals surface area (Å²) in [4.78, 5) is 4.71. The van der Waals surface area contributed by atoms with Gasteiger partial charge in [-0.2, -0.15) is 0 Å². The zero-order chi connectivity index (χ0) is 26.8. The fourth-order valence-electron chi connectivity index (χ4n) is 5.98. The molecule has 2 N–H and O–H groups in total. The molecular formula is C35H28BrN3. The normalized spacial score (nSPS) is 17.5. The average Bonchev–Trinajstić information content (AvgIpc) is 2.95. The van der Waals surface area contributed by atoms with E-state index in [1.165, 1.54) is 11.3 Å². The molecule has 0 saturated heterocycles. The first kappa shape index (κ1) is 23.8. The van der Waals surface area contributed by atoms with Crippen LogP contribution in [0.4, 0.5) is 34.1 Å². The predicted octanol–water partition coefficient (Wildman–Crippen LogP) is 9.89. The Morgan fingerprint density at radius 3 is 2.10 bits per heavy atom. The van der Waals surface area contributed by atoms with Crippen LogP contribution < -0.4 is 15.5 Å². The summed E-state index contributed by atoms with van der Waals surface area (Å²) in [6.07, 6.45) is 5.74. The number of halogens is 1. The van der Waals surface area contributed by atoms with Crippen LogP contribution in [0, 0.1) is 5.92 Å². The lowest BCUT2D eigenvalue weighted by Gasteiger charge is -2.41. The lowest BCUT2D eigenvalue weighted by molar-refractivity contribution is 0.720. The highest BCUT2D eigenvalue weighted by Crippen LogP contribution is 2.55. The van der Waals surface area contributed by atoms with Crippen molar-refractivity contribution in [2.75, 3.05) is 15.5 Å². The van der Waals surface area contributed by atoms with E-state index in [9.17, 15) is 0 Å². The smallest absolute Gasteiger partial charge is 0.0548 e. The molecule has 2 heterocycles. The van der Waals surface area contributed by atoms with Gasteiger partial charge < -0.3 is 15.5 Å². The van der Waals surface area contributed by atoms with E-state index in [0.717, 1.165) is 72.9 Å². The maximum absolute atomic E-state index is 6.06. The van der Waals surface area contributed by atoms with Gasteiger partial charge in [0.2, 0.25) is 0 Å². The number of nitrogen functional groups attached to an aromatic ring is 1. The molecule has 0 spiro atoms. The minimum absolute atomic E-state index is 0.455. The lowest BCUT2D eigenvalue weighted by atomic mass is 9.81. The van der Waals surface area contributed by atoms with E-state index in [2.05, 4.69) is 131 Å². The fraction of sp³-hybridized carbons (Fsp3) is 0.0857. The first-order chi connectivity index (χ1) is 18.9. The number of allylic oxidation sites excluding steroid dienone is 3. The Morgan fingerprint density at radius 1 is 0.744 bits per heavy atom. The van der Waals surface area contributed by atoms with E-state index in [1.807, 2.05) is 12.1 Å². The maximum atomic E-state index is 6.06. The van der Waals surface area contributed by atoms with Crippen molar-refractivity contribution in [2.24, 2.45) is 5.92 Å². The average molecular weight is 571 g/mol. The quantitative estimate of drug-likeness (QED) is 0.215. The second-order valence-corrected chi connectivity index (χ2v) is 11.4. The summed E-state index contributed by atoms with van der Waals surface area (Å²) in [5, 5.41) is 0. The van der Waals surface area contributed by atoms with Crippen LogP contribution in [0.3, 0.4) is 0 Å². The Bertz CT molecular complexity index is 1740. The van der Waals surface area contributed by atoms with Gasteiger partial charge in [-0.3, -0.25) is 0 Å². The Balaban J connectivity index is 1.51. The molecular weight excluding hydrogens is 542 g/mol. The third kappa shape index (κ3) is 3.70. The van der Waals surface area contributed by atoms with Gasteiger partial charge in [-0.25, -0.2) is 0 Å². The third-order valence-electron chi connectivity index (χ3n) is 7.93. The number of rotatable bonds is 2. The molecule has 2 aliphatic heterocycles. The van der Waals surface area contributed by atoms with Crippen LogP contribution in [-0.4, -0.2) is 0 Å². The van der Waals surface area contributed by atoms with E-state index in [4.69, 9.17) is 5.73 Å². The van der Waals surface area contributed by atoms with E-state index >= 15 is 0 Å². The number of hydrogen-bond donors (Lipinski definition) is 1. The van der Waals surface area contributed by atoms with Crippen LogP contribution in [0.1, 0.15) is 30.0 Å². The van der Waals surface area contributed by atoms with Crippen molar-refractivity contribution in [2.45, 2.75) is 13.3 Å². The second-order valence-electron chi connectivity index (χ2n) is 10.5. The molecule has 1 aliphatic carbocycles. The predicted molar refractivity (Wildman–Crippen MR) is 169 cm³/mol. The van der Waals surface area contributed by atoms with Crippen molar-refractivity contribution in [1.29, 1.82) is 0 Å². The molecule has 1 unspecified atom stereocenters. The molecule has 190 valence electrons. The van der Waals surface area contributed by atoms with Gasteiger partial charge >= 0.3 is 0 Å². The standard InChI is InChI=1S/C35H28BrN3/c1-21-8-17-29-23(3)31-19-34-30(20-35(31)39(33(29)18-21)26-13-9-24(36)10-14-26)22(2)28-6-4-5-7-32(28)38(34)27-15-11-25(37)12-16-27/h4-7,9-21H,2-3,8,37H2,1H3. The number of para-hydroxylation sites is 1. The third-order valence-corrected chi connectivity index (χ3v) is 8.46. The van der Waals surface area contributed by atoms with E-state index in [0.29, 0.717) is 5.92 Å². The lowest BCUT2D eigenvalue weighted by Crippen LogP contribution is -2.27. The minimum Gasteiger partial charge on any atom is -0.399 e. The van der Waals surface area contributed by atoms with Crippen LogP contribution in [-0.2, 0) is 0 Å². The van der Waals surface area contributed by atoms with Crippen LogP contribution in [0.2, 0.25) is 0 Å². The highest BCUT2D eigenvalue weighted by Gasteiger charge is 2.35. The second kappa shape index (κ2) is 8.89. The fourth-order valence-corrected chi connectivity index (χ4v) is 6.25.